The highest BCUT2D eigenvalue weighted by atomic mass is 31.1. The topological polar surface area (TPSA) is 58.6 Å². The van der Waals surface area contributed by atoms with Crippen molar-refractivity contribution in [3.05, 3.63) is 71.3 Å². The Morgan fingerprint density at radius 1 is 0.778 bits per heavy atom. The monoisotopic (exact) mass is 389 g/mol. The minimum Gasteiger partial charge on any atom is -0.326 e. The number of aryl methyl sites for hydroxylation is 2. The smallest absolute Gasteiger partial charge is 0.316 e. The molecule has 2 aromatic carbocycles. The largest absolute Gasteiger partial charge is 0.326 e. The third-order valence-corrected chi connectivity index (χ3v) is 5.05. The summed E-state index contributed by atoms with van der Waals surface area (Å²) in [4.78, 5) is 8.57. The quantitative estimate of drug-likeness (QED) is 0.356. The van der Waals surface area contributed by atoms with Crippen molar-refractivity contribution < 1.29 is 14.0 Å². The number of hydrogen-bond acceptors (Lipinski definition) is 3. The maximum atomic E-state index is 10.4. The van der Waals surface area contributed by atoms with E-state index >= 15 is 0 Å². The summed E-state index contributed by atoms with van der Waals surface area (Å²) < 4.78 is 15.1. The first kappa shape index (κ1) is 21.8. The van der Waals surface area contributed by atoms with Crippen LogP contribution in [0.15, 0.2) is 54.6 Å². The van der Waals surface area contributed by atoms with Gasteiger partial charge in [-0.3, -0.25) is 4.57 Å². The van der Waals surface area contributed by atoms with Crippen LogP contribution in [0.5, 0.6) is 0 Å². The van der Waals surface area contributed by atoms with Gasteiger partial charge in [0.1, 0.15) is 0 Å². The van der Waals surface area contributed by atoms with Gasteiger partial charge in [-0.25, -0.2) is 0 Å². The molecule has 0 heterocycles. The van der Waals surface area contributed by atoms with Gasteiger partial charge in [-0.1, -0.05) is 67.4 Å². The molecule has 27 heavy (non-hydrogen) atoms. The van der Waals surface area contributed by atoms with E-state index < -0.39 is 8.25 Å². The maximum Gasteiger partial charge on any atom is 0.316 e. The van der Waals surface area contributed by atoms with Gasteiger partial charge >= 0.3 is 8.25 Å². The molecule has 5 heteroatoms. The standard InChI is InChI=1S/C22H32NO3P/c24-27(25)26-18-8-17-23-19-22-15-13-21(14-16-22)12-5-2-1-4-9-20-10-6-3-7-11-20/h3,6-7,10-11,13-16,23,27H,1-2,4-5,8-9,12,17-19H2,(H,24,25). The van der Waals surface area contributed by atoms with Crippen molar-refractivity contribution in [2.75, 3.05) is 13.2 Å². The zero-order valence-electron chi connectivity index (χ0n) is 16.0. The molecule has 0 aliphatic carbocycles. The predicted molar refractivity (Wildman–Crippen MR) is 112 cm³/mol. The summed E-state index contributed by atoms with van der Waals surface area (Å²) in [7, 11) is -2.78. The minimum atomic E-state index is -2.78. The van der Waals surface area contributed by atoms with E-state index in [-0.39, 0.29) is 0 Å². The molecule has 0 saturated carbocycles. The maximum absolute atomic E-state index is 10.4. The predicted octanol–water partition coefficient (Wildman–Crippen LogP) is 4.91. The first-order valence-electron chi connectivity index (χ1n) is 9.92. The number of nitrogens with one attached hydrogen (secondary N) is 1. The Hall–Kier alpha value is -1.45. The summed E-state index contributed by atoms with van der Waals surface area (Å²) >= 11 is 0. The molecule has 2 N–H and O–H groups in total. The molecule has 2 aromatic rings. The lowest BCUT2D eigenvalue weighted by molar-refractivity contribution is 0.276. The van der Waals surface area contributed by atoms with Crippen LogP contribution in [0.2, 0.25) is 0 Å². The van der Waals surface area contributed by atoms with Crippen LogP contribution in [0.4, 0.5) is 0 Å². The summed E-state index contributed by atoms with van der Waals surface area (Å²) in [6.45, 7) is 1.92. The number of rotatable bonds is 14. The van der Waals surface area contributed by atoms with Gasteiger partial charge in [-0.2, -0.15) is 0 Å². The number of hydrogen-bond donors (Lipinski definition) is 2. The first-order chi connectivity index (χ1) is 13.2. The molecule has 4 nitrogen and oxygen atoms in total. The van der Waals surface area contributed by atoms with E-state index in [9.17, 15) is 4.57 Å². The van der Waals surface area contributed by atoms with Crippen LogP contribution in [0, 0.1) is 0 Å². The summed E-state index contributed by atoms with van der Waals surface area (Å²) in [6, 6.07) is 19.5. The molecule has 148 valence electrons. The van der Waals surface area contributed by atoms with Crippen molar-refractivity contribution in [1.29, 1.82) is 0 Å². The second kappa shape index (κ2) is 13.7. The fourth-order valence-corrected chi connectivity index (χ4v) is 3.39. The van der Waals surface area contributed by atoms with Crippen LogP contribution in [0.25, 0.3) is 0 Å². The average molecular weight is 389 g/mol. The summed E-state index contributed by atoms with van der Waals surface area (Å²) in [5, 5.41) is 3.32. The van der Waals surface area contributed by atoms with Gasteiger partial charge in [0, 0.05) is 6.54 Å². The van der Waals surface area contributed by atoms with E-state index in [0.717, 1.165) is 25.9 Å². The highest BCUT2D eigenvalue weighted by Crippen LogP contribution is 2.14. The highest BCUT2D eigenvalue weighted by molar-refractivity contribution is 7.32. The molecule has 0 radical (unpaired) electrons. The van der Waals surface area contributed by atoms with Crippen LogP contribution in [-0.4, -0.2) is 18.0 Å². The van der Waals surface area contributed by atoms with Crippen molar-refractivity contribution in [3.8, 4) is 0 Å². The lowest BCUT2D eigenvalue weighted by Crippen LogP contribution is -2.15. The lowest BCUT2D eigenvalue weighted by Gasteiger charge is -2.07. The molecular formula is C22H32NO3P. The molecule has 0 amide bonds. The van der Waals surface area contributed by atoms with E-state index in [0.29, 0.717) is 6.61 Å². The Morgan fingerprint density at radius 3 is 2.00 bits per heavy atom. The van der Waals surface area contributed by atoms with Crippen molar-refractivity contribution in [2.24, 2.45) is 0 Å². The van der Waals surface area contributed by atoms with Gasteiger partial charge in [0.25, 0.3) is 0 Å². The molecular weight excluding hydrogens is 357 g/mol. The lowest BCUT2D eigenvalue weighted by atomic mass is 10.0. The van der Waals surface area contributed by atoms with Crippen LogP contribution in [0.3, 0.4) is 0 Å². The Labute approximate surface area is 163 Å². The molecule has 1 atom stereocenters. The molecule has 0 bridgehead atoms. The van der Waals surface area contributed by atoms with E-state index in [2.05, 4.69) is 64.4 Å². The van der Waals surface area contributed by atoms with Gasteiger partial charge in [0.15, 0.2) is 0 Å². The third kappa shape index (κ3) is 10.5. The molecule has 0 fully saturated rings. The Balaban J connectivity index is 1.50. The second-order valence-corrected chi connectivity index (χ2v) is 7.68. The Kier molecular flexibility index (Phi) is 11.1. The van der Waals surface area contributed by atoms with E-state index in [1.165, 1.54) is 48.8 Å². The first-order valence-corrected chi connectivity index (χ1v) is 11.2. The van der Waals surface area contributed by atoms with E-state index in [4.69, 9.17) is 4.89 Å². The molecule has 0 aromatic heterocycles. The number of unbranched alkanes of at least 4 members (excludes halogenated alkanes) is 3. The summed E-state index contributed by atoms with van der Waals surface area (Å²) in [5.74, 6) is 0. The third-order valence-electron chi connectivity index (χ3n) is 4.60. The van der Waals surface area contributed by atoms with Crippen molar-refractivity contribution >= 4 is 8.25 Å². The van der Waals surface area contributed by atoms with Crippen LogP contribution < -0.4 is 5.32 Å². The fraction of sp³-hybridized carbons (Fsp3) is 0.455. The highest BCUT2D eigenvalue weighted by Gasteiger charge is 1.98. The van der Waals surface area contributed by atoms with Crippen LogP contribution in [0.1, 0.15) is 48.8 Å². The zero-order chi connectivity index (χ0) is 19.2. The van der Waals surface area contributed by atoms with Crippen LogP contribution in [-0.2, 0) is 28.5 Å². The van der Waals surface area contributed by atoms with Gasteiger partial charge < -0.3 is 14.7 Å². The number of benzene rings is 2. The van der Waals surface area contributed by atoms with E-state index in [1.54, 1.807) is 0 Å². The van der Waals surface area contributed by atoms with Crippen LogP contribution >= 0.6 is 8.25 Å². The summed E-state index contributed by atoms with van der Waals surface area (Å²) in [6.07, 6.45) is 8.18. The van der Waals surface area contributed by atoms with Gasteiger partial charge in [-0.05, 0) is 55.3 Å². The Bertz CT molecular complexity index is 646. The molecule has 0 aliphatic rings. The molecule has 0 spiro atoms. The SMILES string of the molecule is O=[PH](O)OCCCNCc1ccc(CCCCCCc2ccccc2)cc1. The summed E-state index contributed by atoms with van der Waals surface area (Å²) in [5.41, 5.74) is 4.11. The normalized spacial score (nSPS) is 12.2. The van der Waals surface area contributed by atoms with Gasteiger partial charge in [-0.15, -0.1) is 0 Å². The van der Waals surface area contributed by atoms with Gasteiger partial charge in [0.05, 0.1) is 6.61 Å². The molecule has 0 saturated heterocycles. The minimum absolute atomic E-state index is 0.325. The second-order valence-electron chi connectivity index (χ2n) is 6.86. The van der Waals surface area contributed by atoms with Crippen molar-refractivity contribution in [2.45, 2.75) is 51.5 Å². The Morgan fingerprint density at radius 2 is 1.37 bits per heavy atom. The average Bonchev–Trinajstić information content (AvgIpc) is 2.69. The molecule has 2 rings (SSSR count). The van der Waals surface area contributed by atoms with E-state index in [1.807, 2.05) is 0 Å². The van der Waals surface area contributed by atoms with Gasteiger partial charge in [0.2, 0.25) is 0 Å². The molecule has 0 aliphatic heterocycles. The van der Waals surface area contributed by atoms with Crippen molar-refractivity contribution in [1.82, 2.24) is 5.32 Å². The molecule has 1 unspecified atom stereocenters. The zero-order valence-corrected chi connectivity index (χ0v) is 17.0. The fourth-order valence-electron chi connectivity index (χ4n) is 3.07. The van der Waals surface area contributed by atoms with Crippen molar-refractivity contribution in [3.63, 3.8) is 0 Å².